The number of hydrogen-bond donors (Lipinski definition) is 2. The summed E-state index contributed by atoms with van der Waals surface area (Å²) in [6, 6.07) is 4.05. The highest BCUT2D eigenvalue weighted by Crippen LogP contribution is 2.19. The SMILES string of the molecule is COc1ccc(F)cc1C(=O)NCCN1CCCC[C@H]1CO. The van der Waals surface area contributed by atoms with Gasteiger partial charge in [-0.05, 0) is 37.6 Å². The molecule has 1 heterocycles. The Labute approximate surface area is 130 Å². The topological polar surface area (TPSA) is 61.8 Å². The minimum Gasteiger partial charge on any atom is -0.496 e. The molecule has 0 radical (unpaired) electrons. The third-order valence-corrected chi connectivity index (χ3v) is 4.05. The lowest BCUT2D eigenvalue weighted by Crippen LogP contribution is -2.45. The summed E-state index contributed by atoms with van der Waals surface area (Å²) >= 11 is 0. The predicted octanol–water partition coefficient (Wildman–Crippen LogP) is 1.41. The Morgan fingerprint density at radius 3 is 3.05 bits per heavy atom. The van der Waals surface area contributed by atoms with Gasteiger partial charge in [0.15, 0.2) is 0 Å². The number of methoxy groups -OCH3 is 1. The van der Waals surface area contributed by atoms with Crippen molar-refractivity contribution in [2.45, 2.75) is 25.3 Å². The number of carbonyl (C=O) groups is 1. The highest BCUT2D eigenvalue weighted by atomic mass is 19.1. The van der Waals surface area contributed by atoms with E-state index in [-0.39, 0.29) is 24.1 Å². The summed E-state index contributed by atoms with van der Waals surface area (Å²) in [5, 5.41) is 12.1. The number of nitrogens with zero attached hydrogens (tertiary/aromatic N) is 1. The molecular weight excluding hydrogens is 287 g/mol. The first-order valence-electron chi connectivity index (χ1n) is 7.62. The zero-order chi connectivity index (χ0) is 15.9. The normalized spacial score (nSPS) is 19.0. The van der Waals surface area contributed by atoms with Crippen LogP contribution in [0.4, 0.5) is 4.39 Å². The van der Waals surface area contributed by atoms with E-state index >= 15 is 0 Å². The quantitative estimate of drug-likeness (QED) is 0.834. The molecule has 5 nitrogen and oxygen atoms in total. The predicted molar refractivity (Wildman–Crippen MR) is 81.6 cm³/mol. The molecule has 1 amide bonds. The second-order valence-electron chi connectivity index (χ2n) is 5.47. The van der Waals surface area contributed by atoms with Crippen LogP contribution in [0.15, 0.2) is 18.2 Å². The van der Waals surface area contributed by atoms with Gasteiger partial charge in [0.2, 0.25) is 0 Å². The fraction of sp³-hybridized carbons (Fsp3) is 0.562. The van der Waals surface area contributed by atoms with Crippen molar-refractivity contribution in [1.29, 1.82) is 0 Å². The number of ether oxygens (including phenoxy) is 1. The molecule has 6 heteroatoms. The van der Waals surface area contributed by atoms with Crippen LogP contribution >= 0.6 is 0 Å². The smallest absolute Gasteiger partial charge is 0.255 e. The molecule has 22 heavy (non-hydrogen) atoms. The summed E-state index contributed by atoms with van der Waals surface area (Å²) < 4.78 is 18.4. The maximum Gasteiger partial charge on any atom is 0.255 e. The van der Waals surface area contributed by atoms with Crippen LogP contribution in [-0.2, 0) is 0 Å². The Hall–Kier alpha value is -1.66. The third kappa shape index (κ3) is 4.18. The van der Waals surface area contributed by atoms with Crippen LogP contribution in [-0.4, -0.2) is 55.3 Å². The molecule has 0 bridgehead atoms. The third-order valence-electron chi connectivity index (χ3n) is 4.05. The number of carbonyl (C=O) groups excluding carboxylic acids is 1. The van der Waals surface area contributed by atoms with E-state index in [1.54, 1.807) is 0 Å². The van der Waals surface area contributed by atoms with Crippen LogP contribution in [0.3, 0.4) is 0 Å². The first-order chi connectivity index (χ1) is 10.7. The number of rotatable bonds is 6. The van der Waals surface area contributed by atoms with Gasteiger partial charge in [-0.1, -0.05) is 6.42 Å². The second-order valence-corrected chi connectivity index (χ2v) is 5.47. The summed E-state index contributed by atoms with van der Waals surface area (Å²) in [6.07, 6.45) is 3.24. The first kappa shape index (κ1) is 16.7. The lowest BCUT2D eigenvalue weighted by Gasteiger charge is -2.34. The maximum absolute atomic E-state index is 13.3. The van der Waals surface area contributed by atoms with Crippen molar-refractivity contribution in [3.63, 3.8) is 0 Å². The van der Waals surface area contributed by atoms with E-state index in [0.29, 0.717) is 18.8 Å². The van der Waals surface area contributed by atoms with Gasteiger partial charge in [-0.15, -0.1) is 0 Å². The van der Waals surface area contributed by atoms with E-state index in [0.717, 1.165) is 25.8 Å². The minimum absolute atomic E-state index is 0.145. The van der Waals surface area contributed by atoms with Crippen molar-refractivity contribution in [3.8, 4) is 5.75 Å². The highest BCUT2D eigenvalue weighted by Gasteiger charge is 2.21. The Bertz CT molecular complexity index is 510. The molecular formula is C16H23FN2O3. The van der Waals surface area contributed by atoms with Crippen molar-refractivity contribution < 1.29 is 19.0 Å². The van der Waals surface area contributed by atoms with Gasteiger partial charge >= 0.3 is 0 Å². The molecule has 1 aliphatic rings. The monoisotopic (exact) mass is 310 g/mol. The van der Waals surface area contributed by atoms with Crippen LogP contribution in [0.2, 0.25) is 0 Å². The van der Waals surface area contributed by atoms with Crippen LogP contribution in [0.25, 0.3) is 0 Å². The molecule has 1 fully saturated rings. The number of halogens is 1. The number of aliphatic hydroxyl groups excluding tert-OH is 1. The zero-order valence-electron chi connectivity index (χ0n) is 12.8. The van der Waals surface area contributed by atoms with Crippen molar-refractivity contribution in [2.24, 2.45) is 0 Å². The van der Waals surface area contributed by atoms with Crippen molar-refractivity contribution in [3.05, 3.63) is 29.6 Å². The van der Waals surface area contributed by atoms with Crippen molar-refractivity contribution >= 4 is 5.91 Å². The number of nitrogens with one attached hydrogen (secondary N) is 1. The molecule has 1 saturated heterocycles. The fourth-order valence-corrected chi connectivity index (χ4v) is 2.83. The summed E-state index contributed by atoms with van der Waals surface area (Å²) in [6.45, 7) is 2.21. The number of likely N-dealkylation sites (tertiary alicyclic amines) is 1. The summed E-state index contributed by atoms with van der Waals surface area (Å²) in [5.74, 6) is -0.471. The summed E-state index contributed by atoms with van der Waals surface area (Å²) in [7, 11) is 1.45. The van der Waals surface area contributed by atoms with Crippen LogP contribution in [0.1, 0.15) is 29.6 Å². The van der Waals surface area contributed by atoms with Gasteiger partial charge in [-0.25, -0.2) is 4.39 Å². The minimum atomic E-state index is -0.470. The lowest BCUT2D eigenvalue weighted by atomic mass is 10.0. The molecule has 0 spiro atoms. The molecule has 0 aromatic heterocycles. The number of amides is 1. The van der Waals surface area contributed by atoms with Gasteiger partial charge < -0.3 is 15.2 Å². The molecule has 0 unspecified atom stereocenters. The van der Waals surface area contributed by atoms with Crippen molar-refractivity contribution in [1.82, 2.24) is 10.2 Å². The average molecular weight is 310 g/mol. The number of piperidine rings is 1. The molecule has 2 rings (SSSR count). The average Bonchev–Trinajstić information content (AvgIpc) is 2.55. The molecule has 1 aromatic carbocycles. The van der Waals surface area contributed by atoms with Gasteiger partial charge in [0, 0.05) is 19.1 Å². The largest absolute Gasteiger partial charge is 0.496 e. The molecule has 1 atom stereocenters. The van der Waals surface area contributed by atoms with E-state index in [1.807, 2.05) is 0 Å². The molecule has 122 valence electrons. The molecule has 1 aromatic rings. The van der Waals surface area contributed by atoms with Crippen LogP contribution in [0, 0.1) is 5.82 Å². The Kier molecular flexibility index (Phi) is 6.15. The molecule has 1 aliphatic heterocycles. The summed E-state index contributed by atoms with van der Waals surface area (Å²) in [5.41, 5.74) is 0.194. The van der Waals surface area contributed by atoms with Gasteiger partial charge in [-0.3, -0.25) is 9.69 Å². The Morgan fingerprint density at radius 1 is 1.50 bits per heavy atom. The van der Waals surface area contributed by atoms with E-state index in [1.165, 1.54) is 25.3 Å². The highest BCUT2D eigenvalue weighted by molar-refractivity contribution is 5.96. The Morgan fingerprint density at radius 2 is 2.32 bits per heavy atom. The van der Waals surface area contributed by atoms with Gasteiger partial charge in [0.05, 0.1) is 19.3 Å². The van der Waals surface area contributed by atoms with Gasteiger partial charge in [0.1, 0.15) is 11.6 Å². The van der Waals surface area contributed by atoms with Crippen molar-refractivity contribution in [2.75, 3.05) is 33.4 Å². The van der Waals surface area contributed by atoms with E-state index in [9.17, 15) is 14.3 Å². The Balaban J connectivity index is 1.89. The standard InChI is InChI=1S/C16H23FN2O3/c1-22-15-6-5-12(17)10-14(15)16(21)18-7-9-19-8-3-2-4-13(19)11-20/h5-6,10,13,20H,2-4,7-9,11H2,1H3,(H,18,21)/t13-/m0/s1. The van der Waals surface area contributed by atoms with E-state index < -0.39 is 5.82 Å². The fourth-order valence-electron chi connectivity index (χ4n) is 2.83. The zero-order valence-corrected chi connectivity index (χ0v) is 12.8. The van der Waals surface area contributed by atoms with Gasteiger partial charge in [-0.2, -0.15) is 0 Å². The van der Waals surface area contributed by atoms with E-state index in [2.05, 4.69) is 10.2 Å². The lowest BCUT2D eigenvalue weighted by molar-refractivity contribution is 0.0847. The first-order valence-corrected chi connectivity index (χ1v) is 7.62. The number of aliphatic hydroxyl groups is 1. The number of hydrogen-bond acceptors (Lipinski definition) is 4. The number of benzene rings is 1. The molecule has 0 aliphatic carbocycles. The van der Waals surface area contributed by atoms with Crippen LogP contribution in [0.5, 0.6) is 5.75 Å². The van der Waals surface area contributed by atoms with Crippen LogP contribution < -0.4 is 10.1 Å². The van der Waals surface area contributed by atoms with Gasteiger partial charge in [0.25, 0.3) is 5.91 Å². The van der Waals surface area contributed by atoms with E-state index in [4.69, 9.17) is 4.74 Å². The molecule has 2 N–H and O–H groups in total. The maximum atomic E-state index is 13.3. The second kappa shape index (κ2) is 8.10. The summed E-state index contributed by atoms with van der Waals surface area (Å²) in [4.78, 5) is 14.3. The molecule has 0 saturated carbocycles.